The summed E-state index contributed by atoms with van der Waals surface area (Å²) in [5.74, 6) is 1.46. The summed E-state index contributed by atoms with van der Waals surface area (Å²) in [6.07, 6.45) is 11.0. The maximum Gasteiger partial charge on any atom is 0.303 e. The molecule has 2 saturated heterocycles. The number of hydrogen-bond acceptors (Lipinski definition) is 7. The Morgan fingerprint density at radius 2 is 1.69 bits per heavy atom. The van der Waals surface area contributed by atoms with Gasteiger partial charge < -0.3 is 19.3 Å². The third-order valence-corrected chi connectivity index (χ3v) is 9.35. The highest BCUT2D eigenvalue weighted by Gasteiger charge is 2.40. The maximum atomic E-state index is 10.8. The Hall–Kier alpha value is -2.91. The van der Waals surface area contributed by atoms with E-state index in [1.807, 2.05) is 24.3 Å². The minimum atomic E-state index is -0.778. The van der Waals surface area contributed by atoms with Gasteiger partial charge in [-0.05, 0) is 92.5 Å². The third-order valence-electron chi connectivity index (χ3n) is 9.35. The molecule has 10 heteroatoms. The Labute approximate surface area is 278 Å². The molecule has 2 aliphatic heterocycles. The van der Waals surface area contributed by atoms with Crippen LogP contribution in [0.1, 0.15) is 72.9 Å². The van der Waals surface area contributed by atoms with E-state index in [0.717, 1.165) is 107 Å². The summed E-state index contributed by atoms with van der Waals surface area (Å²) in [6.45, 7) is 5.15. The van der Waals surface area contributed by atoms with Crippen molar-refractivity contribution < 1.29 is 24.1 Å². The molecule has 3 aromatic rings. The molecule has 0 radical (unpaired) electrons. The lowest BCUT2D eigenvalue weighted by Crippen LogP contribution is -2.49. The zero-order chi connectivity index (χ0) is 29.5. The predicted octanol–water partition coefficient (Wildman–Crippen LogP) is 6.64. The molecule has 1 atom stereocenters. The van der Waals surface area contributed by atoms with E-state index in [9.17, 15) is 4.79 Å². The zero-order valence-electron chi connectivity index (χ0n) is 25.8. The number of hydrogen-bond donors (Lipinski definition) is 1. The van der Waals surface area contributed by atoms with Crippen molar-refractivity contribution in [1.82, 2.24) is 14.9 Å². The number of rotatable bonds is 12. The van der Waals surface area contributed by atoms with Gasteiger partial charge in [-0.3, -0.25) is 9.69 Å². The minimum Gasteiger partial charge on any atom is -0.489 e. The first kappa shape index (κ1) is 35.0. The standard InChI is InChI=1S/C35H43N3O5.2ClH/c39-33(40)13-10-26-8-11-30(12-9-26)42-24-29-6-4-28(5-7-29)23-38-18-16-35(17-19-38)22-27(15-21-43-35)14-20-41-34-31-2-1-3-32(31)36-25-37-34;;/h4-9,11-12,25,27H,1-3,10,13-24H2,(H,39,40);2*1H. The fourth-order valence-electron chi connectivity index (χ4n) is 6.79. The number of piperidine rings is 1. The minimum absolute atomic E-state index is 0. The van der Waals surface area contributed by atoms with Gasteiger partial charge in [0.1, 0.15) is 18.7 Å². The van der Waals surface area contributed by atoms with E-state index in [-0.39, 0.29) is 36.8 Å². The topological polar surface area (TPSA) is 94.0 Å². The van der Waals surface area contributed by atoms with Crippen LogP contribution in [-0.4, -0.2) is 57.8 Å². The fraction of sp³-hybridized carbons (Fsp3) is 0.514. The van der Waals surface area contributed by atoms with Gasteiger partial charge in [-0.2, -0.15) is 0 Å². The van der Waals surface area contributed by atoms with E-state index in [4.69, 9.17) is 19.3 Å². The second kappa shape index (κ2) is 16.6. The summed E-state index contributed by atoms with van der Waals surface area (Å²) in [7, 11) is 0. The van der Waals surface area contributed by atoms with Crippen molar-refractivity contribution in [3.63, 3.8) is 0 Å². The number of carboxylic acids is 1. The van der Waals surface area contributed by atoms with Gasteiger partial charge in [0.05, 0.1) is 17.9 Å². The quantitative estimate of drug-likeness (QED) is 0.232. The number of nitrogens with zero attached hydrogens (tertiary/aromatic N) is 3. The van der Waals surface area contributed by atoms with Gasteiger partial charge in [0.25, 0.3) is 0 Å². The van der Waals surface area contributed by atoms with Gasteiger partial charge in [-0.25, -0.2) is 9.97 Å². The van der Waals surface area contributed by atoms with Crippen LogP contribution >= 0.6 is 24.8 Å². The fourth-order valence-corrected chi connectivity index (χ4v) is 6.79. The molecule has 45 heavy (non-hydrogen) atoms. The lowest BCUT2D eigenvalue weighted by Gasteiger charge is -2.46. The van der Waals surface area contributed by atoms with Crippen LogP contribution in [0.3, 0.4) is 0 Å². The highest BCUT2D eigenvalue weighted by atomic mass is 35.5. The second-order valence-electron chi connectivity index (χ2n) is 12.4. The van der Waals surface area contributed by atoms with E-state index < -0.39 is 5.97 Å². The molecule has 1 aromatic heterocycles. The summed E-state index contributed by atoms with van der Waals surface area (Å²) in [5, 5.41) is 8.84. The normalized spacial score (nSPS) is 18.8. The second-order valence-corrected chi connectivity index (χ2v) is 12.4. The summed E-state index contributed by atoms with van der Waals surface area (Å²) in [4.78, 5) is 22.1. The monoisotopic (exact) mass is 657 g/mol. The highest BCUT2D eigenvalue weighted by Crippen LogP contribution is 2.39. The van der Waals surface area contributed by atoms with Crippen molar-refractivity contribution >= 4 is 30.8 Å². The Balaban J connectivity index is 0.00000230. The van der Waals surface area contributed by atoms with Crippen LogP contribution in [0.2, 0.25) is 0 Å². The number of carboxylic acid groups (broad SMARTS) is 1. The van der Waals surface area contributed by atoms with Gasteiger partial charge in [0.2, 0.25) is 5.88 Å². The maximum absolute atomic E-state index is 10.8. The van der Waals surface area contributed by atoms with Crippen molar-refractivity contribution in [2.75, 3.05) is 26.3 Å². The van der Waals surface area contributed by atoms with Crippen LogP contribution in [0.4, 0.5) is 0 Å². The lowest BCUT2D eigenvalue weighted by molar-refractivity contribution is -0.137. The molecule has 2 fully saturated rings. The van der Waals surface area contributed by atoms with Gasteiger partial charge >= 0.3 is 5.97 Å². The summed E-state index contributed by atoms with van der Waals surface area (Å²) >= 11 is 0. The Bertz CT molecular complexity index is 1360. The molecule has 1 spiro atoms. The average Bonchev–Trinajstić information content (AvgIpc) is 3.52. The van der Waals surface area contributed by atoms with Crippen molar-refractivity contribution in [2.45, 2.75) is 83.0 Å². The lowest BCUT2D eigenvalue weighted by atomic mass is 9.78. The number of aliphatic carboxylic acids is 1. The van der Waals surface area contributed by atoms with Crippen LogP contribution in [0.25, 0.3) is 0 Å². The smallest absolute Gasteiger partial charge is 0.303 e. The van der Waals surface area contributed by atoms with Crippen molar-refractivity contribution in [1.29, 1.82) is 0 Å². The number of carbonyl (C=O) groups is 1. The Morgan fingerprint density at radius 3 is 2.44 bits per heavy atom. The molecule has 3 heterocycles. The summed E-state index contributed by atoms with van der Waals surface area (Å²) in [5.41, 5.74) is 5.86. The third kappa shape index (κ3) is 9.55. The van der Waals surface area contributed by atoms with E-state index in [0.29, 0.717) is 18.9 Å². The van der Waals surface area contributed by atoms with Crippen molar-refractivity contribution in [3.05, 3.63) is 82.8 Å². The van der Waals surface area contributed by atoms with E-state index in [1.165, 1.54) is 16.8 Å². The van der Waals surface area contributed by atoms with Gasteiger partial charge in [0, 0.05) is 38.2 Å². The molecule has 3 aliphatic rings. The number of halogens is 2. The van der Waals surface area contributed by atoms with Crippen LogP contribution in [0, 0.1) is 5.92 Å². The Morgan fingerprint density at radius 1 is 0.956 bits per heavy atom. The van der Waals surface area contributed by atoms with Crippen LogP contribution in [0.5, 0.6) is 11.6 Å². The number of ether oxygens (including phenoxy) is 3. The molecule has 0 bridgehead atoms. The average molecular weight is 659 g/mol. The molecule has 6 rings (SSSR count). The molecule has 0 amide bonds. The SMILES string of the molecule is Cl.Cl.O=C(O)CCc1ccc(OCc2ccc(CN3CCC4(CC3)CC(CCOc3ncnc5c3CCC5)CCO4)cc2)cc1. The first-order chi connectivity index (χ1) is 21.0. The first-order valence-electron chi connectivity index (χ1n) is 15.9. The van der Waals surface area contributed by atoms with Crippen LogP contribution in [-0.2, 0) is 41.9 Å². The summed E-state index contributed by atoms with van der Waals surface area (Å²) < 4.78 is 18.5. The first-order valence-corrected chi connectivity index (χ1v) is 15.9. The molecule has 1 aliphatic carbocycles. The van der Waals surface area contributed by atoms with Crippen molar-refractivity contribution in [3.8, 4) is 11.6 Å². The number of aryl methyl sites for hydroxylation is 2. The molecule has 244 valence electrons. The highest BCUT2D eigenvalue weighted by molar-refractivity contribution is 5.85. The molecule has 1 unspecified atom stereocenters. The number of benzene rings is 2. The molecule has 1 N–H and O–H groups in total. The van der Waals surface area contributed by atoms with Crippen LogP contribution < -0.4 is 9.47 Å². The molecule has 0 saturated carbocycles. The zero-order valence-corrected chi connectivity index (χ0v) is 27.5. The number of fused-ring (bicyclic) bond motifs is 1. The number of likely N-dealkylation sites (tertiary alicyclic amines) is 1. The molecule has 2 aromatic carbocycles. The van der Waals surface area contributed by atoms with Crippen molar-refractivity contribution in [2.24, 2.45) is 5.92 Å². The van der Waals surface area contributed by atoms with Gasteiger partial charge in [0.15, 0.2) is 0 Å². The largest absolute Gasteiger partial charge is 0.489 e. The van der Waals surface area contributed by atoms with E-state index in [2.05, 4.69) is 39.1 Å². The molecular weight excluding hydrogens is 613 g/mol. The van der Waals surface area contributed by atoms with E-state index in [1.54, 1.807) is 6.33 Å². The van der Waals surface area contributed by atoms with E-state index >= 15 is 0 Å². The van der Waals surface area contributed by atoms with Gasteiger partial charge in [-0.1, -0.05) is 36.4 Å². The molecular formula is C35H45Cl2N3O5. The van der Waals surface area contributed by atoms with Crippen LogP contribution in [0.15, 0.2) is 54.9 Å². The molecule has 8 nitrogen and oxygen atoms in total. The summed E-state index contributed by atoms with van der Waals surface area (Å²) in [6, 6.07) is 16.4. The Kier molecular flexibility index (Phi) is 12.9. The predicted molar refractivity (Wildman–Crippen MR) is 178 cm³/mol. The number of aromatic nitrogens is 2. The van der Waals surface area contributed by atoms with Gasteiger partial charge in [-0.15, -0.1) is 24.8 Å².